The number of nitrogens with zero attached hydrogens (tertiary/aromatic N) is 2. The van der Waals surface area contributed by atoms with Crippen molar-refractivity contribution in [3.05, 3.63) is 56.9 Å². The van der Waals surface area contributed by atoms with Gasteiger partial charge in [-0.15, -0.1) is 0 Å². The molecule has 0 spiro atoms. The van der Waals surface area contributed by atoms with E-state index in [1.54, 1.807) is 0 Å². The summed E-state index contributed by atoms with van der Waals surface area (Å²) in [5.74, 6) is -0.606. The van der Waals surface area contributed by atoms with Crippen LogP contribution >= 0.6 is 11.3 Å². The van der Waals surface area contributed by atoms with E-state index in [1.807, 2.05) is 24.3 Å². The first-order valence-corrected chi connectivity index (χ1v) is 6.83. The van der Waals surface area contributed by atoms with E-state index in [0.29, 0.717) is 5.13 Å². The maximum Gasteiger partial charge on any atom is 0.328 e. The second-order valence-corrected chi connectivity index (χ2v) is 5.34. The topological polar surface area (TPSA) is 96.8 Å². The first-order chi connectivity index (χ1) is 10.1. The monoisotopic (exact) mass is 302 g/mol. The van der Waals surface area contributed by atoms with Gasteiger partial charge in [0.25, 0.3) is 11.5 Å². The molecule has 0 fully saturated rings. The Kier molecular flexibility index (Phi) is 3.15. The van der Waals surface area contributed by atoms with E-state index in [2.05, 4.69) is 15.3 Å². The molecule has 7 nitrogen and oxygen atoms in total. The predicted octanol–water partition coefficient (Wildman–Crippen LogP) is 0.936. The van der Waals surface area contributed by atoms with E-state index < -0.39 is 17.2 Å². The summed E-state index contributed by atoms with van der Waals surface area (Å²) in [6, 6.07) is 7.46. The van der Waals surface area contributed by atoms with Crippen LogP contribution in [0, 0.1) is 0 Å². The number of hydrogen-bond donors (Lipinski definition) is 2. The van der Waals surface area contributed by atoms with E-state index in [9.17, 15) is 14.4 Å². The average Bonchev–Trinajstić information content (AvgIpc) is 2.86. The van der Waals surface area contributed by atoms with E-state index in [4.69, 9.17) is 0 Å². The molecule has 2 heterocycles. The number of fused-ring (bicyclic) bond motifs is 1. The molecule has 0 radical (unpaired) electrons. The average molecular weight is 302 g/mol. The number of amides is 1. The number of para-hydroxylation sites is 1. The Bertz CT molecular complexity index is 921. The van der Waals surface area contributed by atoms with Crippen LogP contribution in [0.25, 0.3) is 10.2 Å². The molecule has 1 amide bonds. The predicted molar refractivity (Wildman–Crippen MR) is 79.9 cm³/mol. The first-order valence-electron chi connectivity index (χ1n) is 6.02. The lowest BCUT2D eigenvalue weighted by Crippen LogP contribution is -2.37. The summed E-state index contributed by atoms with van der Waals surface area (Å²) in [7, 11) is 1.30. The molecule has 0 aliphatic carbocycles. The molecule has 0 saturated heterocycles. The number of nitrogens with one attached hydrogen (secondary N) is 2. The van der Waals surface area contributed by atoms with Gasteiger partial charge < -0.3 is 4.98 Å². The molecule has 1 aromatic carbocycles. The van der Waals surface area contributed by atoms with Crippen LogP contribution in [0.5, 0.6) is 0 Å². The summed E-state index contributed by atoms with van der Waals surface area (Å²) in [5.41, 5.74) is -0.600. The smallest absolute Gasteiger partial charge is 0.313 e. The molecular weight excluding hydrogens is 292 g/mol. The van der Waals surface area contributed by atoms with Gasteiger partial charge in [0.1, 0.15) is 5.56 Å². The summed E-state index contributed by atoms with van der Waals surface area (Å²) in [6.07, 6.45) is 1.10. The highest BCUT2D eigenvalue weighted by Gasteiger charge is 2.15. The molecule has 0 saturated carbocycles. The molecule has 8 heteroatoms. The second-order valence-electron chi connectivity index (χ2n) is 4.31. The van der Waals surface area contributed by atoms with E-state index in [-0.39, 0.29) is 5.56 Å². The standard InChI is InChI=1S/C13H10N4O3S/c1-17-11(19)7(6-14-13(17)20)10(18)16-12-15-8-4-2-3-5-9(8)21-12/h2-6H,1H3,(H,14,20)(H,15,16,18). The van der Waals surface area contributed by atoms with E-state index in [1.165, 1.54) is 18.4 Å². The quantitative estimate of drug-likeness (QED) is 0.736. The molecule has 0 aliphatic heterocycles. The van der Waals surface area contributed by atoms with Crippen LogP contribution in [-0.2, 0) is 7.05 Å². The summed E-state index contributed by atoms with van der Waals surface area (Å²) in [5, 5.41) is 2.97. The number of aromatic nitrogens is 3. The second kappa shape index (κ2) is 4.98. The Morgan fingerprint density at radius 3 is 2.86 bits per heavy atom. The van der Waals surface area contributed by atoms with Gasteiger partial charge in [-0.1, -0.05) is 23.5 Å². The molecule has 21 heavy (non-hydrogen) atoms. The molecule has 2 N–H and O–H groups in total. The summed E-state index contributed by atoms with van der Waals surface area (Å²) in [4.78, 5) is 41.8. The SMILES string of the molecule is Cn1c(=O)[nH]cc(C(=O)Nc2nc3ccccc3s2)c1=O. The van der Waals surface area contributed by atoms with Crippen molar-refractivity contribution in [2.45, 2.75) is 0 Å². The molecule has 0 unspecified atom stereocenters. The number of benzene rings is 1. The van der Waals surface area contributed by atoms with Crippen LogP contribution in [0.1, 0.15) is 10.4 Å². The number of carbonyl (C=O) groups excluding carboxylic acids is 1. The number of carbonyl (C=O) groups is 1. The highest BCUT2D eigenvalue weighted by molar-refractivity contribution is 7.22. The largest absolute Gasteiger partial charge is 0.328 e. The fraction of sp³-hybridized carbons (Fsp3) is 0.0769. The van der Waals surface area contributed by atoms with Crippen LogP contribution in [-0.4, -0.2) is 20.4 Å². The van der Waals surface area contributed by atoms with Crippen LogP contribution in [0.15, 0.2) is 40.1 Å². The normalized spacial score (nSPS) is 10.7. The van der Waals surface area contributed by atoms with Gasteiger partial charge in [-0.2, -0.15) is 0 Å². The lowest BCUT2D eigenvalue weighted by atomic mass is 10.3. The molecule has 2 aromatic heterocycles. The van der Waals surface area contributed by atoms with Crippen LogP contribution < -0.4 is 16.6 Å². The van der Waals surface area contributed by atoms with Gasteiger partial charge in [0.2, 0.25) is 0 Å². The highest BCUT2D eigenvalue weighted by Crippen LogP contribution is 2.25. The lowest BCUT2D eigenvalue weighted by molar-refractivity contribution is 0.102. The zero-order chi connectivity index (χ0) is 15.0. The number of H-pyrrole nitrogens is 1. The maximum absolute atomic E-state index is 12.1. The Balaban J connectivity index is 1.95. The minimum atomic E-state index is -0.655. The van der Waals surface area contributed by atoms with Gasteiger partial charge in [-0.3, -0.25) is 19.5 Å². The van der Waals surface area contributed by atoms with Crippen LogP contribution in [0.3, 0.4) is 0 Å². The molecular formula is C13H10N4O3S. The van der Waals surface area contributed by atoms with Gasteiger partial charge in [0.05, 0.1) is 10.2 Å². The lowest BCUT2D eigenvalue weighted by Gasteiger charge is -2.02. The minimum Gasteiger partial charge on any atom is -0.313 e. The van der Waals surface area contributed by atoms with Crippen molar-refractivity contribution in [1.29, 1.82) is 0 Å². The van der Waals surface area contributed by atoms with Crippen molar-refractivity contribution in [1.82, 2.24) is 14.5 Å². The van der Waals surface area contributed by atoms with Crippen LogP contribution in [0.4, 0.5) is 5.13 Å². The van der Waals surface area contributed by atoms with Crippen molar-refractivity contribution in [2.24, 2.45) is 7.05 Å². The third-order valence-corrected chi connectivity index (χ3v) is 3.89. The minimum absolute atomic E-state index is 0.142. The van der Waals surface area contributed by atoms with Crippen molar-refractivity contribution in [2.75, 3.05) is 5.32 Å². The third kappa shape index (κ3) is 2.36. The Hall–Kier alpha value is -2.74. The molecule has 0 aliphatic rings. The first kappa shape index (κ1) is 13.3. The summed E-state index contributed by atoms with van der Waals surface area (Å²) in [6.45, 7) is 0. The Morgan fingerprint density at radius 2 is 2.10 bits per heavy atom. The molecule has 0 atom stereocenters. The van der Waals surface area contributed by atoms with Gasteiger partial charge in [-0.25, -0.2) is 9.78 Å². The van der Waals surface area contributed by atoms with Crippen molar-refractivity contribution in [3.8, 4) is 0 Å². The number of anilines is 1. The number of rotatable bonds is 2. The Labute approximate surface area is 121 Å². The van der Waals surface area contributed by atoms with Gasteiger partial charge in [0.15, 0.2) is 5.13 Å². The van der Waals surface area contributed by atoms with Crippen molar-refractivity contribution < 1.29 is 4.79 Å². The summed E-state index contributed by atoms with van der Waals surface area (Å²) >= 11 is 1.31. The molecule has 106 valence electrons. The third-order valence-electron chi connectivity index (χ3n) is 2.94. The molecule has 3 rings (SSSR count). The van der Waals surface area contributed by atoms with Crippen molar-refractivity contribution in [3.63, 3.8) is 0 Å². The fourth-order valence-electron chi connectivity index (χ4n) is 1.82. The zero-order valence-corrected chi connectivity index (χ0v) is 11.7. The van der Waals surface area contributed by atoms with E-state index >= 15 is 0 Å². The number of aromatic amines is 1. The van der Waals surface area contributed by atoms with Gasteiger partial charge in [0, 0.05) is 13.2 Å². The number of hydrogen-bond acceptors (Lipinski definition) is 5. The van der Waals surface area contributed by atoms with Gasteiger partial charge in [-0.05, 0) is 12.1 Å². The fourth-order valence-corrected chi connectivity index (χ4v) is 2.68. The highest BCUT2D eigenvalue weighted by atomic mass is 32.1. The summed E-state index contributed by atoms with van der Waals surface area (Å²) < 4.78 is 1.77. The molecule has 3 aromatic rings. The zero-order valence-electron chi connectivity index (χ0n) is 10.9. The number of thiazole rings is 1. The Morgan fingerprint density at radius 1 is 1.33 bits per heavy atom. The molecule has 0 bridgehead atoms. The van der Waals surface area contributed by atoms with E-state index in [0.717, 1.165) is 21.0 Å². The van der Waals surface area contributed by atoms with Gasteiger partial charge >= 0.3 is 5.69 Å². The maximum atomic E-state index is 12.1. The van der Waals surface area contributed by atoms with Crippen LogP contribution in [0.2, 0.25) is 0 Å². The van der Waals surface area contributed by atoms with Crippen molar-refractivity contribution >= 4 is 32.6 Å².